The Kier molecular flexibility index (Phi) is 3.39. The third-order valence-corrected chi connectivity index (χ3v) is 4.02. The third kappa shape index (κ3) is 2.18. The number of H-pyrrole nitrogens is 1. The number of nitrogen functional groups attached to an aromatic ring is 1. The molecule has 2 heterocycles. The molecule has 0 bridgehead atoms. The molecule has 2 aromatic heterocycles. The highest BCUT2D eigenvalue weighted by Crippen LogP contribution is 2.43. The van der Waals surface area contributed by atoms with E-state index in [1.165, 1.54) is 0 Å². The second-order valence-corrected chi connectivity index (χ2v) is 5.55. The van der Waals surface area contributed by atoms with Gasteiger partial charge in [0.05, 0.1) is 21.8 Å². The molecule has 7 heteroatoms. The quantitative estimate of drug-likeness (QED) is 0.756. The molecule has 0 radical (unpaired) electrons. The van der Waals surface area contributed by atoms with Gasteiger partial charge in [-0.25, -0.2) is 0 Å². The van der Waals surface area contributed by atoms with Gasteiger partial charge in [-0.05, 0) is 19.1 Å². The summed E-state index contributed by atoms with van der Waals surface area (Å²) in [4.78, 5) is 0. The molecule has 5 nitrogen and oxygen atoms in total. The molecular weight excluding hydrogens is 309 g/mol. The number of nitrogens with zero attached hydrogens (tertiary/aromatic N) is 3. The Balaban J connectivity index is 2.36. The first-order valence-electron chi connectivity index (χ1n) is 6.28. The first-order chi connectivity index (χ1) is 10.0. The smallest absolute Gasteiger partial charge is 0.130 e. The predicted octanol–water partition coefficient (Wildman–Crippen LogP) is 3.67. The molecule has 3 N–H and O–H groups in total. The van der Waals surface area contributed by atoms with Gasteiger partial charge in [0.15, 0.2) is 0 Å². The number of anilines is 1. The summed E-state index contributed by atoms with van der Waals surface area (Å²) in [5.41, 5.74) is 10.1. The van der Waals surface area contributed by atoms with Gasteiger partial charge < -0.3 is 5.73 Å². The molecule has 0 fully saturated rings. The van der Waals surface area contributed by atoms with Crippen LogP contribution in [0.1, 0.15) is 5.69 Å². The normalized spacial score (nSPS) is 11.0. The van der Waals surface area contributed by atoms with Crippen molar-refractivity contribution in [2.24, 2.45) is 7.05 Å². The van der Waals surface area contributed by atoms with Crippen molar-refractivity contribution in [3.05, 3.63) is 40.1 Å². The van der Waals surface area contributed by atoms with E-state index in [0.29, 0.717) is 27.1 Å². The number of halogens is 2. The van der Waals surface area contributed by atoms with Gasteiger partial charge in [-0.2, -0.15) is 10.2 Å². The molecule has 0 spiro atoms. The molecule has 108 valence electrons. The van der Waals surface area contributed by atoms with Crippen molar-refractivity contribution in [2.75, 3.05) is 5.73 Å². The minimum Gasteiger partial charge on any atom is -0.383 e. The van der Waals surface area contributed by atoms with Crippen LogP contribution < -0.4 is 5.73 Å². The zero-order valence-electron chi connectivity index (χ0n) is 11.5. The van der Waals surface area contributed by atoms with Crippen LogP contribution >= 0.6 is 23.2 Å². The molecule has 1 aromatic carbocycles. The summed E-state index contributed by atoms with van der Waals surface area (Å²) in [6, 6.07) is 5.35. The first-order valence-corrected chi connectivity index (χ1v) is 7.03. The van der Waals surface area contributed by atoms with Crippen molar-refractivity contribution in [3.8, 4) is 22.4 Å². The number of hydrogen-bond donors (Lipinski definition) is 2. The fourth-order valence-electron chi connectivity index (χ4n) is 2.30. The Hall–Kier alpha value is -1.98. The lowest BCUT2D eigenvalue weighted by Gasteiger charge is -2.08. The van der Waals surface area contributed by atoms with Crippen LogP contribution in [0.4, 0.5) is 5.82 Å². The molecule has 0 atom stereocenters. The number of aryl methyl sites for hydroxylation is 2. The van der Waals surface area contributed by atoms with E-state index in [1.54, 1.807) is 36.1 Å². The van der Waals surface area contributed by atoms with Crippen molar-refractivity contribution >= 4 is 29.0 Å². The second-order valence-electron chi connectivity index (χ2n) is 4.74. The van der Waals surface area contributed by atoms with Gasteiger partial charge in [0, 0.05) is 23.9 Å². The van der Waals surface area contributed by atoms with Crippen LogP contribution in [0.15, 0.2) is 24.4 Å². The highest BCUT2D eigenvalue weighted by Gasteiger charge is 2.23. The van der Waals surface area contributed by atoms with Crippen LogP contribution in [0, 0.1) is 6.92 Å². The summed E-state index contributed by atoms with van der Waals surface area (Å²) in [6.45, 7) is 1.92. The van der Waals surface area contributed by atoms with E-state index >= 15 is 0 Å². The topological polar surface area (TPSA) is 72.5 Å². The van der Waals surface area contributed by atoms with Crippen molar-refractivity contribution < 1.29 is 0 Å². The van der Waals surface area contributed by atoms with Gasteiger partial charge in [-0.1, -0.05) is 29.3 Å². The van der Waals surface area contributed by atoms with E-state index in [2.05, 4.69) is 15.3 Å². The van der Waals surface area contributed by atoms with Gasteiger partial charge >= 0.3 is 0 Å². The number of aromatic amines is 1. The van der Waals surface area contributed by atoms with Crippen molar-refractivity contribution in [1.29, 1.82) is 0 Å². The lowest BCUT2D eigenvalue weighted by atomic mass is 10.0. The molecule has 0 aliphatic carbocycles. The molecule has 0 amide bonds. The molecule has 0 saturated carbocycles. The Bertz CT molecular complexity index is 799. The van der Waals surface area contributed by atoms with E-state index in [-0.39, 0.29) is 0 Å². The maximum atomic E-state index is 6.32. The summed E-state index contributed by atoms with van der Waals surface area (Å²) in [6.07, 6.45) is 1.71. The predicted molar refractivity (Wildman–Crippen MR) is 85.4 cm³/mol. The van der Waals surface area contributed by atoms with E-state index in [4.69, 9.17) is 28.9 Å². The third-order valence-electron chi connectivity index (χ3n) is 3.39. The fraction of sp³-hybridized carbons (Fsp3) is 0.143. The van der Waals surface area contributed by atoms with E-state index in [1.807, 2.05) is 6.92 Å². The van der Waals surface area contributed by atoms with Gasteiger partial charge in [0.2, 0.25) is 0 Å². The van der Waals surface area contributed by atoms with E-state index in [9.17, 15) is 0 Å². The highest BCUT2D eigenvalue weighted by molar-refractivity contribution is 6.39. The number of hydrogen-bond acceptors (Lipinski definition) is 3. The summed E-state index contributed by atoms with van der Waals surface area (Å²) in [5, 5.41) is 12.5. The fourth-order valence-corrected chi connectivity index (χ4v) is 2.88. The molecule has 0 unspecified atom stereocenters. The minimum absolute atomic E-state index is 0.501. The number of benzene rings is 1. The summed E-state index contributed by atoms with van der Waals surface area (Å²) >= 11 is 12.6. The van der Waals surface area contributed by atoms with Gasteiger partial charge in [0.25, 0.3) is 0 Å². The van der Waals surface area contributed by atoms with Gasteiger partial charge in [0.1, 0.15) is 11.5 Å². The Morgan fingerprint density at radius 1 is 1.19 bits per heavy atom. The molecule has 0 saturated heterocycles. The van der Waals surface area contributed by atoms with Gasteiger partial charge in [-0.15, -0.1) is 0 Å². The van der Waals surface area contributed by atoms with Gasteiger partial charge in [-0.3, -0.25) is 9.78 Å². The SMILES string of the molecule is Cc1[nH]ncc1-c1nn(C)c(N)c1-c1c(Cl)cccc1Cl. The maximum absolute atomic E-state index is 6.32. The largest absolute Gasteiger partial charge is 0.383 e. The van der Waals surface area contributed by atoms with Crippen LogP contribution in [0.25, 0.3) is 22.4 Å². The van der Waals surface area contributed by atoms with Crippen LogP contribution in [0.5, 0.6) is 0 Å². The molecule has 3 aromatic rings. The summed E-state index contributed by atoms with van der Waals surface area (Å²) in [5.74, 6) is 0.501. The number of nitrogens with two attached hydrogens (primary N) is 1. The molecule has 0 aliphatic rings. The average Bonchev–Trinajstić information content (AvgIpc) is 2.96. The molecule has 0 aliphatic heterocycles. The lowest BCUT2D eigenvalue weighted by molar-refractivity contribution is 0.782. The molecule has 3 rings (SSSR count). The number of aromatic nitrogens is 4. The van der Waals surface area contributed by atoms with E-state index < -0.39 is 0 Å². The maximum Gasteiger partial charge on any atom is 0.130 e. The Morgan fingerprint density at radius 3 is 2.43 bits per heavy atom. The second kappa shape index (κ2) is 5.09. The monoisotopic (exact) mass is 321 g/mol. The van der Waals surface area contributed by atoms with Crippen LogP contribution in [0.2, 0.25) is 10.0 Å². The standard InChI is InChI=1S/C14H13Cl2N5/c1-7-8(6-18-19-7)13-12(14(17)21(2)20-13)11-9(15)4-3-5-10(11)16/h3-6H,17H2,1-2H3,(H,18,19). The molecule has 21 heavy (non-hydrogen) atoms. The zero-order valence-corrected chi connectivity index (χ0v) is 13.0. The van der Waals surface area contributed by atoms with Crippen LogP contribution in [-0.4, -0.2) is 20.0 Å². The number of rotatable bonds is 2. The summed E-state index contributed by atoms with van der Waals surface area (Å²) in [7, 11) is 1.78. The highest BCUT2D eigenvalue weighted by atomic mass is 35.5. The van der Waals surface area contributed by atoms with Crippen LogP contribution in [0.3, 0.4) is 0 Å². The number of nitrogens with one attached hydrogen (secondary N) is 1. The Labute approximate surface area is 131 Å². The van der Waals surface area contributed by atoms with E-state index in [0.717, 1.165) is 16.8 Å². The zero-order chi connectivity index (χ0) is 15.1. The van der Waals surface area contributed by atoms with Crippen molar-refractivity contribution in [1.82, 2.24) is 20.0 Å². The minimum atomic E-state index is 0.501. The average molecular weight is 322 g/mol. The summed E-state index contributed by atoms with van der Waals surface area (Å²) < 4.78 is 1.61. The molecular formula is C14H13Cl2N5. The van der Waals surface area contributed by atoms with Crippen molar-refractivity contribution in [3.63, 3.8) is 0 Å². The Morgan fingerprint density at radius 2 is 1.86 bits per heavy atom. The first kappa shape index (κ1) is 14.0. The van der Waals surface area contributed by atoms with Crippen LogP contribution in [-0.2, 0) is 7.05 Å². The lowest BCUT2D eigenvalue weighted by Crippen LogP contribution is -1.98. The van der Waals surface area contributed by atoms with Crippen molar-refractivity contribution in [2.45, 2.75) is 6.92 Å².